The highest BCUT2D eigenvalue weighted by Crippen LogP contribution is 2.21. The van der Waals surface area contributed by atoms with Crippen molar-refractivity contribution in [2.24, 2.45) is 0 Å². The third-order valence-electron chi connectivity index (χ3n) is 3.40. The fraction of sp³-hybridized carbons (Fsp3) is 0.211. The van der Waals surface area contributed by atoms with E-state index in [1.54, 1.807) is 18.2 Å². The first kappa shape index (κ1) is 20.4. The van der Waals surface area contributed by atoms with Crippen molar-refractivity contribution in [3.63, 3.8) is 0 Å². The Bertz CT molecular complexity index is 883. The number of hydrogen-bond acceptors (Lipinski definition) is 5. The van der Waals surface area contributed by atoms with Crippen molar-refractivity contribution in [2.75, 3.05) is 11.1 Å². The van der Waals surface area contributed by atoms with Crippen molar-refractivity contribution in [1.29, 1.82) is 5.26 Å². The van der Waals surface area contributed by atoms with Crippen LogP contribution < -0.4 is 5.32 Å². The summed E-state index contributed by atoms with van der Waals surface area (Å²) in [6, 6.07) is 11.8. The molecule has 1 atom stereocenters. The van der Waals surface area contributed by atoms with Crippen LogP contribution in [0.15, 0.2) is 47.4 Å². The summed E-state index contributed by atoms with van der Waals surface area (Å²) in [4.78, 5) is 24.4. The Morgan fingerprint density at radius 3 is 2.70 bits per heavy atom. The van der Waals surface area contributed by atoms with Crippen LogP contribution in [0, 0.1) is 23.0 Å². The summed E-state index contributed by atoms with van der Waals surface area (Å²) in [5.74, 6) is -2.69. The largest absolute Gasteiger partial charge is 0.453 e. The van der Waals surface area contributed by atoms with Crippen LogP contribution in [0.3, 0.4) is 0 Å². The lowest BCUT2D eigenvalue weighted by Gasteiger charge is -2.13. The quantitative estimate of drug-likeness (QED) is 0.573. The molecule has 1 N–H and O–H groups in total. The van der Waals surface area contributed by atoms with Gasteiger partial charge in [0.1, 0.15) is 0 Å². The van der Waals surface area contributed by atoms with Gasteiger partial charge in [-0.1, -0.05) is 6.07 Å². The lowest BCUT2D eigenvalue weighted by Crippen LogP contribution is -2.30. The third kappa shape index (κ3) is 6.38. The molecule has 2 aromatic rings. The maximum absolute atomic E-state index is 13.1. The molecule has 0 aliphatic heterocycles. The molecule has 0 aromatic heterocycles. The fourth-order valence-corrected chi connectivity index (χ4v) is 2.89. The van der Waals surface area contributed by atoms with Gasteiger partial charge in [-0.05, 0) is 43.3 Å². The smallest absolute Gasteiger partial charge is 0.307 e. The summed E-state index contributed by atoms with van der Waals surface area (Å²) >= 11 is 1.18. The van der Waals surface area contributed by atoms with Crippen molar-refractivity contribution in [2.45, 2.75) is 24.3 Å². The number of nitriles is 1. The van der Waals surface area contributed by atoms with Crippen LogP contribution in [0.2, 0.25) is 0 Å². The molecule has 0 bridgehead atoms. The number of carbonyl (C=O) groups is 2. The first-order valence-electron chi connectivity index (χ1n) is 7.97. The first-order valence-corrected chi connectivity index (χ1v) is 8.96. The predicted octanol–water partition coefficient (Wildman–Crippen LogP) is 3.89. The molecule has 5 nitrogen and oxygen atoms in total. The molecule has 0 aliphatic carbocycles. The summed E-state index contributed by atoms with van der Waals surface area (Å²) < 4.78 is 31.0. The Morgan fingerprint density at radius 2 is 2.00 bits per heavy atom. The molecule has 2 aromatic carbocycles. The molecule has 0 heterocycles. The zero-order valence-corrected chi connectivity index (χ0v) is 15.2. The number of hydrogen-bond donors (Lipinski definition) is 1. The van der Waals surface area contributed by atoms with Crippen molar-refractivity contribution in [3.8, 4) is 6.07 Å². The molecule has 2 rings (SSSR count). The van der Waals surface area contributed by atoms with Crippen molar-refractivity contribution >= 4 is 29.3 Å². The number of nitrogens with one attached hydrogen (secondary N) is 1. The van der Waals surface area contributed by atoms with Gasteiger partial charge in [0.2, 0.25) is 0 Å². The molecule has 0 spiro atoms. The molecular formula is C19H16F2N2O3S. The van der Waals surface area contributed by atoms with E-state index in [0.29, 0.717) is 21.9 Å². The number of halogens is 2. The molecular weight excluding hydrogens is 374 g/mol. The SMILES string of the molecule is C[C@H](OC(=O)CCSc1ccc(F)c(F)c1)C(=O)Nc1cccc(C#N)c1. The number of rotatable bonds is 7. The number of carbonyl (C=O) groups excluding carboxylic acids is 2. The van der Waals surface area contributed by atoms with Crippen LogP contribution in [0.25, 0.3) is 0 Å². The minimum absolute atomic E-state index is 0.00516. The van der Waals surface area contributed by atoms with Crippen LogP contribution in [-0.4, -0.2) is 23.7 Å². The van der Waals surface area contributed by atoms with Gasteiger partial charge in [0, 0.05) is 16.3 Å². The topological polar surface area (TPSA) is 79.2 Å². The predicted molar refractivity (Wildman–Crippen MR) is 97.0 cm³/mol. The minimum atomic E-state index is -1.02. The highest BCUT2D eigenvalue weighted by atomic mass is 32.2. The molecule has 0 saturated heterocycles. The number of benzene rings is 2. The average molecular weight is 390 g/mol. The average Bonchev–Trinajstić information content (AvgIpc) is 2.64. The van der Waals surface area contributed by atoms with E-state index in [2.05, 4.69) is 5.32 Å². The van der Waals surface area contributed by atoms with Crippen molar-refractivity contribution in [3.05, 3.63) is 59.7 Å². The standard InChI is InChI=1S/C19H16F2N2O3S/c1-12(19(25)23-14-4-2-3-13(9-14)11-22)26-18(24)7-8-27-15-5-6-16(20)17(21)10-15/h2-6,9-10,12H,7-8H2,1H3,(H,23,25)/t12-/m0/s1. The maximum Gasteiger partial charge on any atom is 0.307 e. The normalized spacial score (nSPS) is 11.3. The van der Waals surface area contributed by atoms with Gasteiger partial charge in [-0.15, -0.1) is 11.8 Å². The molecule has 27 heavy (non-hydrogen) atoms. The second kappa shape index (κ2) is 9.69. The van der Waals surface area contributed by atoms with Gasteiger partial charge in [-0.25, -0.2) is 8.78 Å². The van der Waals surface area contributed by atoms with E-state index in [1.165, 1.54) is 30.8 Å². The summed E-state index contributed by atoms with van der Waals surface area (Å²) in [5, 5.41) is 11.4. The van der Waals surface area contributed by atoms with E-state index >= 15 is 0 Å². The molecule has 0 saturated carbocycles. The molecule has 0 unspecified atom stereocenters. The van der Waals surface area contributed by atoms with Crippen LogP contribution in [0.1, 0.15) is 18.9 Å². The maximum atomic E-state index is 13.1. The van der Waals surface area contributed by atoms with Gasteiger partial charge in [0.25, 0.3) is 5.91 Å². The number of esters is 1. The molecule has 0 aliphatic rings. The number of nitrogens with zero attached hydrogens (tertiary/aromatic N) is 1. The van der Waals surface area contributed by atoms with Gasteiger partial charge >= 0.3 is 5.97 Å². The Labute approximate surface area is 159 Å². The van der Waals surface area contributed by atoms with E-state index in [9.17, 15) is 18.4 Å². The van der Waals surface area contributed by atoms with E-state index in [4.69, 9.17) is 10.00 Å². The lowest BCUT2D eigenvalue weighted by atomic mass is 10.2. The summed E-state index contributed by atoms with van der Waals surface area (Å²) in [6.45, 7) is 1.43. The van der Waals surface area contributed by atoms with Crippen molar-refractivity contribution in [1.82, 2.24) is 0 Å². The van der Waals surface area contributed by atoms with E-state index in [1.807, 2.05) is 6.07 Å². The summed E-state index contributed by atoms with van der Waals surface area (Å²) in [7, 11) is 0. The van der Waals surface area contributed by atoms with E-state index in [-0.39, 0.29) is 6.42 Å². The van der Waals surface area contributed by atoms with Crippen molar-refractivity contribution < 1.29 is 23.1 Å². The van der Waals surface area contributed by atoms with Gasteiger partial charge in [0.05, 0.1) is 18.1 Å². The summed E-state index contributed by atoms with van der Waals surface area (Å²) in [6.07, 6.45) is -1.01. The molecule has 0 radical (unpaired) electrons. The van der Waals surface area contributed by atoms with Gasteiger partial charge in [-0.2, -0.15) is 5.26 Å². The Morgan fingerprint density at radius 1 is 1.22 bits per heavy atom. The Balaban J connectivity index is 1.77. The van der Waals surface area contributed by atoms with Crippen LogP contribution in [-0.2, 0) is 14.3 Å². The van der Waals surface area contributed by atoms with Crippen LogP contribution in [0.5, 0.6) is 0 Å². The molecule has 1 amide bonds. The first-order chi connectivity index (χ1) is 12.9. The van der Waals surface area contributed by atoms with Crippen LogP contribution in [0.4, 0.5) is 14.5 Å². The van der Waals surface area contributed by atoms with Gasteiger partial charge in [-0.3, -0.25) is 9.59 Å². The Hall–Kier alpha value is -2.92. The number of anilines is 1. The number of thioether (sulfide) groups is 1. The van der Waals surface area contributed by atoms with E-state index in [0.717, 1.165) is 12.1 Å². The number of ether oxygens (including phenoxy) is 1. The fourth-order valence-electron chi connectivity index (χ4n) is 2.04. The summed E-state index contributed by atoms with van der Waals surface area (Å²) in [5.41, 5.74) is 0.822. The van der Waals surface area contributed by atoms with Gasteiger partial charge < -0.3 is 10.1 Å². The Kier molecular flexibility index (Phi) is 7.32. The van der Waals surface area contributed by atoms with Gasteiger partial charge in [0.15, 0.2) is 17.7 Å². The zero-order valence-electron chi connectivity index (χ0n) is 14.4. The third-order valence-corrected chi connectivity index (χ3v) is 4.40. The minimum Gasteiger partial charge on any atom is -0.453 e. The van der Waals surface area contributed by atoms with Crippen LogP contribution >= 0.6 is 11.8 Å². The zero-order chi connectivity index (χ0) is 19.8. The number of amides is 1. The second-order valence-electron chi connectivity index (χ2n) is 5.49. The molecule has 140 valence electrons. The van der Waals surface area contributed by atoms with E-state index < -0.39 is 29.6 Å². The highest BCUT2D eigenvalue weighted by Gasteiger charge is 2.18. The molecule has 8 heteroatoms. The lowest BCUT2D eigenvalue weighted by molar-refractivity contribution is -0.152. The second-order valence-corrected chi connectivity index (χ2v) is 6.66. The molecule has 0 fully saturated rings. The monoisotopic (exact) mass is 390 g/mol. The highest BCUT2D eigenvalue weighted by molar-refractivity contribution is 7.99.